The minimum Gasteiger partial charge on any atom is -0.496 e. The van der Waals surface area contributed by atoms with Crippen LogP contribution in [0, 0.1) is 13.8 Å². The summed E-state index contributed by atoms with van der Waals surface area (Å²) >= 11 is 6.86. The molecule has 2 aromatic rings. The predicted molar refractivity (Wildman–Crippen MR) is 84.4 cm³/mol. The van der Waals surface area contributed by atoms with E-state index in [1.54, 1.807) is 20.1 Å². The number of rotatable bonds is 3. The highest BCUT2D eigenvalue weighted by molar-refractivity contribution is 9.11. The van der Waals surface area contributed by atoms with Crippen molar-refractivity contribution in [2.24, 2.45) is 0 Å². The van der Waals surface area contributed by atoms with Crippen LogP contribution in [0.3, 0.4) is 0 Å². The maximum absolute atomic E-state index is 5.82. The number of nitrogens with two attached hydrogens (primary N) is 1. The number of nitrogens with zero attached hydrogens (tertiary/aromatic N) is 2. The van der Waals surface area contributed by atoms with Gasteiger partial charge in [0.2, 0.25) is 5.88 Å². The lowest BCUT2D eigenvalue weighted by Crippen LogP contribution is -2.02. The van der Waals surface area contributed by atoms with Crippen molar-refractivity contribution < 1.29 is 9.47 Å². The standard InChI is InChI=1S/C13H13Br2N3O2/c1-6-12(16)17-7(2)18-13(6)20-11-5-8(14)10(19-3)4-9(11)15/h4-5H,1-3H3,(H2,16,17,18). The molecular weight excluding hydrogens is 390 g/mol. The maximum Gasteiger partial charge on any atom is 0.227 e. The zero-order chi connectivity index (χ0) is 14.9. The Kier molecular flexibility index (Phi) is 4.49. The highest BCUT2D eigenvalue weighted by Crippen LogP contribution is 2.38. The Bertz CT molecular complexity index is 663. The third-order valence-electron chi connectivity index (χ3n) is 2.66. The first kappa shape index (κ1) is 15.1. The van der Waals surface area contributed by atoms with E-state index in [9.17, 15) is 0 Å². The minimum atomic E-state index is 0.413. The summed E-state index contributed by atoms with van der Waals surface area (Å²) in [6.07, 6.45) is 0. The Morgan fingerprint density at radius 1 is 1.05 bits per heavy atom. The van der Waals surface area contributed by atoms with Gasteiger partial charge in [0.15, 0.2) is 0 Å². The SMILES string of the molecule is COc1cc(Br)c(Oc2nc(C)nc(N)c2C)cc1Br. The minimum absolute atomic E-state index is 0.413. The van der Waals surface area contributed by atoms with Crippen LogP contribution in [0.15, 0.2) is 21.1 Å². The molecule has 2 N–H and O–H groups in total. The fourth-order valence-corrected chi connectivity index (χ4v) is 2.46. The van der Waals surface area contributed by atoms with Crippen LogP contribution in [0.4, 0.5) is 5.82 Å². The number of benzene rings is 1. The monoisotopic (exact) mass is 401 g/mol. The Morgan fingerprint density at radius 2 is 1.65 bits per heavy atom. The van der Waals surface area contributed by atoms with Gasteiger partial charge in [-0.05, 0) is 57.8 Å². The van der Waals surface area contributed by atoms with Gasteiger partial charge < -0.3 is 15.2 Å². The van der Waals surface area contributed by atoms with Crippen LogP contribution in [-0.2, 0) is 0 Å². The van der Waals surface area contributed by atoms with Crippen molar-refractivity contribution in [3.05, 3.63) is 32.5 Å². The van der Waals surface area contributed by atoms with Gasteiger partial charge in [-0.15, -0.1) is 0 Å². The van der Waals surface area contributed by atoms with Crippen LogP contribution in [0.1, 0.15) is 11.4 Å². The molecule has 0 spiro atoms. The lowest BCUT2D eigenvalue weighted by molar-refractivity contribution is 0.408. The zero-order valence-corrected chi connectivity index (χ0v) is 14.4. The van der Waals surface area contributed by atoms with Crippen molar-refractivity contribution in [2.75, 3.05) is 12.8 Å². The molecule has 0 unspecified atom stereocenters. The summed E-state index contributed by atoms with van der Waals surface area (Å²) in [5.41, 5.74) is 6.52. The summed E-state index contributed by atoms with van der Waals surface area (Å²) in [7, 11) is 1.60. The van der Waals surface area contributed by atoms with E-state index in [0.29, 0.717) is 34.6 Å². The summed E-state index contributed by atoms with van der Waals surface area (Å²) < 4.78 is 12.6. The third-order valence-corrected chi connectivity index (χ3v) is 3.90. The molecule has 1 aromatic carbocycles. The van der Waals surface area contributed by atoms with E-state index in [2.05, 4.69) is 41.8 Å². The Labute approximate surface area is 133 Å². The van der Waals surface area contributed by atoms with Crippen LogP contribution in [0.25, 0.3) is 0 Å². The van der Waals surface area contributed by atoms with Gasteiger partial charge in [-0.2, -0.15) is 4.98 Å². The number of anilines is 1. The Hall–Kier alpha value is -1.34. The van der Waals surface area contributed by atoms with Crippen LogP contribution in [0.5, 0.6) is 17.4 Å². The second kappa shape index (κ2) is 5.97. The lowest BCUT2D eigenvalue weighted by atomic mass is 10.3. The van der Waals surface area contributed by atoms with Crippen molar-refractivity contribution in [1.82, 2.24) is 9.97 Å². The topological polar surface area (TPSA) is 70.3 Å². The molecule has 1 aromatic heterocycles. The number of hydrogen-bond donors (Lipinski definition) is 1. The number of hydrogen-bond acceptors (Lipinski definition) is 5. The molecule has 0 aliphatic heterocycles. The van der Waals surface area contributed by atoms with Crippen molar-refractivity contribution in [1.29, 1.82) is 0 Å². The van der Waals surface area contributed by atoms with Gasteiger partial charge in [0.1, 0.15) is 23.1 Å². The van der Waals surface area contributed by atoms with Crippen LogP contribution >= 0.6 is 31.9 Å². The first-order chi connectivity index (χ1) is 9.42. The van der Waals surface area contributed by atoms with E-state index in [4.69, 9.17) is 15.2 Å². The zero-order valence-electron chi connectivity index (χ0n) is 11.2. The van der Waals surface area contributed by atoms with Gasteiger partial charge >= 0.3 is 0 Å². The molecule has 0 radical (unpaired) electrons. The smallest absolute Gasteiger partial charge is 0.227 e. The van der Waals surface area contributed by atoms with Crippen molar-refractivity contribution in [3.63, 3.8) is 0 Å². The first-order valence-electron chi connectivity index (χ1n) is 5.74. The summed E-state index contributed by atoms with van der Waals surface area (Å²) in [6, 6.07) is 3.61. The average Bonchev–Trinajstić information content (AvgIpc) is 2.39. The van der Waals surface area contributed by atoms with Gasteiger partial charge in [0.05, 0.1) is 21.6 Å². The lowest BCUT2D eigenvalue weighted by Gasteiger charge is -2.12. The van der Waals surface area contributed by atoms with E-state index in [1.165, 1.54) is 0 Å². The fourth-order valence-electron chi connectivity index (χ4n) is 1.57. The third kappa shape index (κ3) is 3.04. The van der Waals surface area contributed by atoms with Gasteiger partial charge in [0, 0.05) is 0 Å². The predicted octanol–water partition coefficient (Wildman–Crippen LogP) is 4.00. The average molecular weight is 403 g/mol. The number of ether oxygens (including phenoxy) is 2. The molecular formula is C13H13Br2N3O2. The molecule has 0 saturated heterocycles. The number of nitrogen functional groups attached to an aromatic ring is 1. The van der Waals surface area contributed by atoms with Gasteiger partial charge in [-0.25, -0.2) is 4.98 Å². The van der Waals surface area contributed by atoms with E-state index >= 15 is 0 Å². The number of halogens is 2. The summed E-state index contributed by atoms with van der Waals surface area (Å²) in [4.78, 5) is 8.35. The Balaban J connectivity index is 2.43. The van der Waals surface area contributed by atoms with E-state index < -0.39 is 0 Å². The highest BCUT2D eigenvalue weighted by Gasteiger charge is 2.13. The molecule has 0 saturated carbocycles. The maximum atomic E-state index is 5.82. The van der Waals surface area contributed by atoms with Crippen LogP contribution in [0.2, 0.25) is 0 Å². The molecule has 0 amide bonds. The molecule has 5 nitrogen and oxygen atoms in total. The molecule has 0 atom stereocenters. The molecule has 2 rings (SSSR count). The van der Waals surface area contributed by atoms with Crippen LogP contribution < -0.4 is 15.2 Å². The number of methoxy groups -OCH3 is 1. The van der Waals surface area contributed by atoms with E-state index in [1.807, 2.05) is 13.0 Å². The molecule has 20 heavy (non-hydrogen) atoms. The normalized spacial score (nSPS) is 10.4. The first-order valence-corrected chi connectivity index (χ1v) is 7.32. The van der Waals surface area contributed by atoms with Crippen molar-refractivity contribution >= 4 is 37.7 Å². The van der Waals surface area contributed by atoms with Gasteiger partial charge in [-0.3, -0.25) is 0 Å². The number of aromatic nitrogens is 2. The van der Waals surface area contributed by atoms with Gasteiger partial charge in [-0.1, -0.05) is 0 Å². The van der Waals surface area contributed by atoms with E-state index in [0.717, 1.165) is 8.95 Å². The Morgan fingerprint density at radius 3 is 2.30 bits per heavy atom. The summed E-state index contributed by atoms with van der Waals surface area (Å²) in [5.74, 6) is 2.73. The second-order valence-electron chi connectivity index (χ2n) is 4.11. The fraction of sp³-hybridized carbons (Fsp3) is 0.231. The highest BCUT2D eigenvalue weighted by atomic mass is 79.9. The van der Waals surface area contributed by atoms with Gasteiger partial charge in [0.25, 0.3) is 0 Å². The molecule has 0 bridgehead atoms. The largest absolute Gasteiger partial charge is 0.496 e. The molecule has 0 aliphatic rings. The molecule has 1 heterocycles. The molecule has 0 fully saturated rings. The van der Waals surface area contributed by atoms with Crippen molar-refractivity contribution in [2.45, 2.75) is 13.8 Å². The van der Waals surface area contributed by atoms with Crippen molar-refractivity contribution in [3.8, 4) is 17.4 Å². The van der Waals surface area contributed by atoms with Crippen LogP contribution in [-0.4, -0.2) is 17.1 Å². The molecule has 7 heteroatoms. The second-order valence-corrected chi connectivity index (χ2v) is 5.81. The number of aryl methyl sites for hydroxylation is 1. The van der Waals surface area contributed by atoms with E-state index in [-0.39, 0.29) is 0 Å². The molecule has 106 valence electrons. The summed E-state index contributed by atoms with van der Waals surface area (Å²) in [6.45, 7) is 3.58. The molecule has 0 aliphatic carbocycles. The summed E-state index contributed by atoms with van der Waals surface area (Å²) in [5, 5.41) is 0. The quantitative estimate of drug-likeness (QED) is 0.839.